The summed E-state index contributed by atoms with van der Waals surface area (Å²) in [5, 5.41) is 0. The molecule has 0 aliphatic carbocycles. The third-order valence-electron chi connectivity index (χ3n) is 2.63. The zero-order chi connectivity index (χ0) is 15.5. The van der Waals surface area contributed by atoms with Crippen LogP contribution in [0.1, 0.15) is 20.3 Å². The molecule has 20 heavy (non-hydrogen) atoms. The third kappa shape index (κ3) is 4.47. The smallest absolute Gasteiger partial charge is 0.243 e. The van der Waals surface area contributed by atoms with Crippen molar-refractivity contribution in [1.82, 2.24) is 4.72 Å². The van der Waals surface area contributed by atoms with E-state index in [0.717, 1.165) is 6.07 Å². The predicted octanol–water partition coefficient (Wildman–Crippen LogP) is 2.38. The first kappa shape index (κ1) is 17.5. The minimum atomic E-state index is -4.09. The standard InChI is InChI=1S/C12H17BrF2N2O2S/c1-7(2)3-8(6-16)17-20(18,19)12-4-9(13)10(14)5-11(12)15/h4-5,7-8,17H,3,6,16H2,1-2H3. The van der Waals surface area contributed by atoms with Crippen LogP contribution in [-0.4, -0.2) is 21.0 Å². The van der Waals surface area contributed by atoms with E-state index < -0.39 is 32.6 Å². The molecule has 114 valence electrons. The summed E-state index contributed by atoms with van der Waals surface area (Å²) in [6.45, 7) is 3.94. The molecule has 0 spiro atoms. The Labute approximate surface area is 125 Å². The first-order chi connectivity index (χ1) is 9.17. The van der Waals surface area contributed by atoms with Gasteiger partial charge in [0.1, 0.15) is 16.5 Å². The second-order valence-corrected chi connectivity index (χ2v) is 7.42. The van der Waals surface area contributed by atoms with E-state index in [9.17, 15) is 17.2 Å². The lowest BCUT2D eigenvalue weighted by atomic mass is 10.1. The molecule has 3 N–H and O–H groups in total. The Bertz CT molecular complexity index is 579. The molecular weight excluding hydrogens is 354 g/mol. The number of hydrogen-bond acceptors (Lipinski definition) is 3. The van der Waals surface area contributed by atoms with E-state index in [-0.39, 0.29) is 16.9 Å². The number of rotatable bonds is 6. The van der Waals surface area contributed by atoms with E-state index >= 15 is 0 Å². The van der Waals surface area contributed by atoms with Gasteiger partial charge in [-0.2, -0.15) is 0 Å². The number of nitrogens with one attached hydrogen (secondary N) is 1. The number of hydrogen-bond donors (Lipinski definition) is 2. The fraction of sp³-hybridized carbons (Fsp3) is 0.500. The summed E-state index contributed by atoms with van der Waals surface area (Å²) >= 11 is 2.84. The maximum Gasteiger partial charge on any atom is 0.243 e. The molecule has 0 fully saturated rings. The molecule has 4 nitrogen and oxygen atoms in total. The van der Waals surface area contributed by atoms with Crippen LogP contribution in [-0.2, 0) is 10.0 Å². The molecule has 1 aromatic rings. The van der Waals surface area contributed by atoms with Crippen LogP contribution in [0.5, 0.6) is 0 Å². The highest BCUT2D eigenvalue weighted by molar-refractivity contribution is 9.10. The van der Waals surface area contributed by atoms with Gasteiger partial charge >= 0.3 is 0 Å². The maximum atomic E-state index is 13.6. The Morgan fingerprint density at radius 2 is 1.90 bits per heavy atom. The molecule has 1 atom stereocenters. The molecule has 0 bridgehead atoms. The van der Waals surface area contributed by atoms with Crippen molar-refractivity contribution in [3.8, 4) is 0 Å². The van der Waals surface area contributed by atoms with Crippen molar-refractivity contribution in [3.63, 3.8) is 0 Å². The lowest BCUT2D eigenvalue weighted by Crippen LogP contribution is -2.41. The predicted molar refractivity (Wildman–Crippen MR) is 76.7 cm³/mol. The van der Waals surface area contributed by atoms with Gasteiger partial charge in [-0.15, -0.1) is 0 Å². The van der Waals surface area contributed by atoms with Crippen molar-refractivity contribution in [3.05, 3.63) is 28.2 Å². The van der Waals surface area contributed by atoms with Gasteiger partial charge in [0.05, 0.1) is 4.47 Å². The van der Waals surface area contributed by atoms with Crippen LogP contribution in [0.15, 0.2) is 21.5 Å². The van der Waals surface area contributed by atoms with Gasteiger partial charge in [0.2, 0.25) is 10.0 Å². The van der Waals surface area contributed by atoms with Gasteiger partial charge in [0.25, 0.3) is 0 Å². The summed E-state index contributed by atoms with van der Waals surface area (Å²) in [6.07, 6.45) is 0.527. The SMILES string of the molecule is CC(C)CC(CN)NS(=O)(=O)c1cc(Br)c(F)cc1F. The Morgan fingerprint density at radius 1 is 1.30 bits per heavy atom. The quantitative estimate of drug-likeness (QED) is 0.755. The van der Waals surface area contributed by atoms with Gasteiger partial charge in [-0.05, 0) is 34.3 Å². The van der Waals surface area contributed by atoms with Crippen molar-refractivity contribution in [2.45, 2.75) is 31.2 Å². The number of benzene rings is 1. The van der Waals surface area contributed by atoms with Gasteiger partial charge in [0, 0.05) is 18.7 Å². The number of halogens is 3. The molecule has 0 saturated carbocycles. The monoisotopic (exact) mass is 370 g/mol. The van der Waals surface area contributed by atoms with Crippen LogP contribution in [0.25, 0.3) is 0 Å². The first-order valence-corrected chi connectivity index (χ1v) is 8.32. The lowest BCUT2D eigenvalue weighted by molar-refractivity contribution is 0.462. The van der Waals surface area contributed by atoms with Crippen molar-refractivity contribution >= 4 is 26.0 Å². The lowest BCUT2D eigenvalue weighted by Gasteiger charge is -2.19. The third-order valence-corrected chi connectivity index (χ3v) is 4.77. The molecule has 8 heteroatoms. The van der Waals surface area contributed by atoms with Gasteiger partial charge in [-0.3, -0.25) is 0 Å². The molecule has 0 heterocycles. The van der Waals surface area contributed by atoms with E-state index in [0.29, 0.717) is 12.5 Å². The van der Waals surface area contributed by atoms with Crippen LogP contribution in [0.3, 0.4) is 0 Å². The first-order valence-electron chi connectivity index (χ1n) is 6.04. The number of nitrogens with two attached hydrogens (primary N) is 1. The highest BCUT2D eigenvalue weighted by Crippen LogP contribution is 2.23. The molecule has 1 rings (SSSR count). The highest BCUT2D eigenvalue weighted by Gasteiger charge is 2.24. The maximum absolute atomic E-state index is 13.6. The molecule has 0 amide bonds. The summed E-state index contributed by atoms with van der Waals surface area (Å²) in [4.78, 5) is -0.604. The Kier molecular flexibility index (Phi) is 6.06. The molecule has 0 aromatic heterocycles. The summed E-state index contributed by atoms with van der Waals surface area (Å²) in [6, 6.07) is 0.928. The fourth-order valence-electron chi connectivity index (χ4n) is 1.75. The normalized spacial score (nSPS) is 13.8. The number of sulfonamides is 1. The summed E-state index contributed by atoms with van der Waals surface area (Å²) < 4.78 is 53.2. The van der Waals surface area contributed by atoms with E-state index in [1.54, 1.807) is 0 Å². The average Bonchev–Trinajstić information content (AvgIpc) is 2.31. The molecule has 0 aliphatic heterocycles. The second-order valence-electron chi connectivity index (χ2n) is 4.88. The molecule has 0 radical (unpaired) electrons. The van der Waals surface area contributed by atoms with Gasteiger partial charge in [-0.1, -0.05) is 13.8 Å². The van der Waals surface area contributed by atoms with Crippen LogP contribution in [0.4, 0.5) is 8.78 Å². The van der Waals surface area contributed by atoms with Crippen LogP contribution in [0, 0.1) is 17.6 Å². The fourth-order valence-corrected chi connectivity index (χ4v) is 3.60. The summed E-state index contributed by atoms with van der Waals surface area (Å²) in [5.74, 6) is -1.77. The largest absolute Gasteiger partial charge is 0.329 e. The topological polar surface area (TPSA) is 72.2 Å². The molecule has 1 aromatic carbocycles. The molecule has 1 unspecified atom stereocenters. The van der Waals surface area contributed by atoms with E-state index in [4.69, 9.17) is 5.73 Å². The van der Waals surface area contributed by atoms with Crippen molar-refractivity contribution < 1.29 is 17.2 Å². The van der Waals surface area contributed by atoms with E-state index in [2.05, 4.69) is 20.7 Å². The van der Waals surface area contributed by atoms with Crippen molar-refractivity contribution in [2.75, 3.05) is 6.54 Å². The Morgan fingerprint density at radius 3 is 2.40 bits per heavy atom. The Hall–Kier alpha value is -0.570. The second kappa shape index (κ2) is 6.93. The average molecular weight is 371 g/mol. The van der Waals surface area contributed by atoms with E-state index in [1.165, 1.54) is 0 Å². The minimum Gasteiger partial charge on any atom is -0.329 e. The molecule has 0 aliphatic rings. The molecular formula is C12H17BrF2N2O2S. The summed E-state index contributed by atoms with van der Waals surface area (Å²) in [7, 11) is -4.09. The van der Waals surface area contributed by atoms with Gasteiger partial charge in [-0.25, -0.2) is 21.9 Å². The zero-order valence-corrected chi connectivity index (χ0v) is 13.6. The van der Waals surface area contributed by atoms with Crippen molar-refractivity contribution in [2.24, 2.45) is 11.7 Å². The Balaban J connectivity index is 3.08. The van der Waals surface area contributed by atoms with Gasteiger partial charge < -0.3 is 5.73 Å². The summed E-state index contributed by atoms with van der Waals surface area (Å²) in [5.41, 5.74) is 5.51. The minimum absolute atomic E-state index is 0.0986. The van der Waals surface area contributed by atoms with Gasteiger partial charge in [0.15, 0.2) is 0 Å². The van der Waals surface area contributed by atoms with Crippen LogP contribution < -0.4 is 10.5 Å². The van der Waals surface area contributed by atoms with Crippen molar-refractivity contribution in [1.29, 1.82) is 0 Å². The zero-order valence-electron chi connectivity index (χ0n) is 11.2. The van der Waals surface area contributed by atoms with Crippen LogP contribution >= 0.6 is 15.9 Å². The molecule has 0 saturated heterocycles. The highest BCUT2D eigenvalue weighted by atomic mass is 79.9. The van der Waals surface area contributed by atoms with Crippen LogP contribution in [0.2, 0.25) is 0 Å². The van der Waals surface area contributed by atoms with E-state index in [1.807, 2.05) is 13.8 Å².